The van der Waals surface area contributed by atoms with Gasteiger partial charge < -0.3 is 10.2 Å². The molecule has 3 heteroatoms. The lowest BCUT2D eigenvalue weighted by Gasteiger charge is -2.04. The summed E-state index contributed by atoms with van der Waals surface area (Å²) in [4.78, 5) is 12.0. The predicted molar refractivity (Wildman–Crippen MR) is 69.0 cm³/mol. The zero-order valence-electron chi connectivity index (χ0n) is 10.1. The van der Waals surface area contributed by atoms with E-state index in [1.54, 1.807) is 36.4 Å². The molecule has 0 fully saturated rings. The second-order valence-corrected chi connectivity index (χ2v) is 4.32. The molecule has 0 spiro atoms. The molecule has 0 atom stereocenters. The highest BCUT2D eigenvalue weighted by molar-refractivity contribution is 5.98. The van der Waals surface area contributed by atoms with E-state index in [2.05, 4.69) is 0 Å². The summed E-state index contributed by atoms with van der Waals surface area (Å²) in [6, 6.07) is 11.4. The summed E-state index contributed by atoms with van der Waals surface area (Å²) in [7, 11) is 0. The van der Waals surface area contributed by atoms with Gasteiger partial charge in [-0.2, -0.15) is 0 Å². The SMILES string of the molecule is Cc1cc(O)cc(C(=O)Cc2ccc(O)cc2)c1. The van der Waals surface area contributed by atoms with Crippen LogP contribution in [0.4, 0.5) is 0 Å². The summed E-state index contributed by atoms with van der Waals surface area (Å²) in [5.41, 5.74) is 2.18. The summed E-state index contributed by atoms with van der Waals surface area (Å²) in [5.74, 6) is 0.225. The summed E-state index contributed by atoms with van der Waals surface area (Å²) in [6.45, 7) is 1.83. The van der Waals surface area contributed by atoms with E-state index < -0.39 is 0 Å². The Bertz CT molecular complexity index is 551. The smallest absolute Gasteiger partial charge is 0.167 e. The maximum absolute atomic E-state index is 12.0. The first-order chi connectivity index (χ1) is 8.54. The molecule has 2 aromatic carbocycles. The molecule has 0 saturated heterocycles. The number of Topliss-reactive ketones (excluding diaryl/α,β-unsaturated/α-hetero) is 1. The second kappa shape index (κ2) is 4.92. The number of benzene rings is 2. The zero-order valence-corrected chi connectivity index (χ0v) is 10.1. The lowest BCUT2D eigenvalue weighted by atomic mass is 10.0. The van der Waals surface area contributed by atoms with Gasteiger partial charge in [0, 0.05) is 12.0 Å². The van der Waals surface area contributed by atoms with Crippen LogP contribution in [0.2, 0.25) is 0 Å². The number of aromatic hydroxyl groups is 2. The van der Waals surface area contributed by atoms with Gasteiger partial charge in [-0.25, -0.2) is 0 Å². The second-order valence-electron chi connectivity index (χ2n) is 4.32. The van der Waals surface area contributed by atoms with Crippen molar-refractivity contribution in [3.05, 3.63) is 59.2 Å². The lowest BCUT2D eigenvalue weighted by Crippen LogP contribution is -2.03. The zero-order chi connectivity index (χ0) is 13.1. The third-order valence-corrected chi connectivity index (χ3v) is 2.69. The number of phenols is 2. The van der Waals surface area contributed by atoms with E-state index in [0.29, 0.717) is 5.56 Å². The van der Waals surface area contributed by atoms with Gasteiger partial charge in [-0.3, -0.25) is 4.79 Å². The molecule has 0 bridgehead atoms. The Morgan fingerprint density at radius 1 is 1.00 bits per heavy atom. The molecule has 0 heterocycles. The van der Waals surface area contributed by atoms with Gasteiger partial charge in [0.25, 0.3) is 0 Å². The fourth-order valence-corrected chi connectivity index (χ4v) is 1.83. The molecule has 0 saturated carbocycles. The molecule has 0 aliphatic carbocycles. The van der Waals surface area contributed by atoms with Crippen molar-refractivity contribution >= 4 is 5.78 Å². The van der Waals surface area contributed by atoms with Gasteiger partial charge in [-0.15, -0.1) is 0 Å². The molecule has 2 N–H and O–H groups in total. The average molecular weight is 242 g/mol. The van der Waals surface area contributed by atoms with Gasteiger partial charge in [0.15, 0.2) is 5.78 Å². The maximum Gasteiger partial charge on any atom is 0.167 e. The van der Waals surface area contributed by atoms with Crippen molar-refractivity contribution < 1.29 is 15.0 Å². The lowest BCUT2D eigenvalue weighted by molar-refractivity contribution is 0.0992. The first-order valence-corrected chi connectivity index (χ1v) is 5.66. The summed E-state index contributed by atoms with van der Waals surface area (Å²) in [6.07, 6.45) is 0.253. The van der Waals surface area contributed by atoms with Crippen molar-refractivity contribution in [2.45, 2.75) is 13.3 Å². The Morgan fingerprint density at radius 2 is 1.67 bits per heavy atom. The largest absolute Gasteiger partial charge is 0.508 e. The predicted octanol–water partition coefficient (Wildman–Crippen LogP) is 2.83. The number of hydrogen-bond acceptors (Lipinski definition) is 3. The minimum atomic E-state index is -0.0558. The number of aryl methyl sites for hydroxylation is 1. The number of rotatable bonds is 3. The van der Waals surface area contributed by atoms with E-state index >= 15 is 0 Å². The molecule has 18 heavy (non-hydrogen) atoms. The van der Waals surface area contributed by atoms with Crippen molar-refractivity contribution in [2.24, 2.45) is 0 Å². The summed E-state index contributed by atoms with van der Waals surface area (Å²) in [5, 5.41) is 18.6. The third kappa shape index (κ3) is 2.88. The standard InChI is InChI=1S/C15H14O3/c1-10-6-12(9-14(17)7-10)15(18)8-11-2-4-13(16)5-3-11/h2-7,9,16-17H,8H2,1H3. The molecule has 2 rings (SSSR count). The van der Waals surface area contributed by atoms with Crippen LogP contribution in [0.25, 0.3) is 0 Å². The molecular formula is C15H14O3. The van der Waals surface area contributed by atoms with Crippen molar-refractivity contribution in [3.63, 3.8) is 0 Å². The first kappa shape index (κ1) is 12.2. The molecule has 2 aromatic rings. The molecule has 0 amide bonds. The van der Waals surface area contributed by atoms with Crippen molar-refractivity contribution in [2.75, 3.05) is 0 Å². The molecule has 0 aromatic heterocycles. The highest BCUT2D eigenvalue weighted by Crippen LogP contribution is 2.18. The molecule has 0 unspecified atom stereocenters. The third-order valence-electron chi connectivity index (χ3n) is 2.69. The van der Waals surface area contributed by atoms with Crippen LogP contribution >= 0.6 is 0 Å². The molecule has 0 aliphatic rings. The molecule has 0 aliphatic heterocycles. The van der Waals surface area contributed by atoms with Gasteiger partial charge >= 0.3 is 0 Å². The minimum Gasteiger partial charge on any atom is -0.508 e. The van der Waals surface area contributed by atoms with E-state index in [1.165, 1.54) is 6.07 Å². The van der Waals surface area contributed by atoms with E-state index in [-0.39, 0.29) is 23.7 Å². The molecule has 3 nitrogen and oxygen atoms in total. The van der Waals surface area contributed by atoms with Crippen molar-refractivity contribution in [3.8, 4) is 11.5 Å². The molecular weight excluding hydrogens is 228 g/mol. The monoisotopic (exact) mass is 242 g/mol. The Morgan fingerprint density at radius 3 is 2.28 bits per heavy atom. The van der Waals surface area contributed by atoms with Gasteiger partial charge in [0.2, 0.25) is 0 Å². The van der Waals surface area contributed by atoms with E-state index in [0.717, 1.165) is 11.1 Å². The Labute approximate surface area is 105 Å². The van der Waals surface area contributed by atoms with Crippen LogP contribution in [-0.2, 0) is 6.42 Å². The van der Waals surface area contributed by atoms with Crippen molar-refractivity contribution in [1.29, 1.82) is 0 Å². The van der Waals surface area contributed by atoms with Gasteiger partial charge in [0.05, 0.1) is 0 Å². The molecule has 0 radical (unpaired) electrons. The van der Waals surface area contributed by atoms with Gasteiger partial charge in [-0.05, 0) is 48.4 Å². The highest BCUT2D eigenvalue weighted by atomic mass is 16.3. The van der Waals surface area contributed by atoms with E-state index in [9.17, 15) is 9.90 Å². The fourth-order valence-electron chi connectivity index (χ4n) is 1.83. The Kier molecular flexibility index (Phi) is 3.33. The minimum absolute atomic E-state index is 0.0558. The number of carbonyl (C=O) groups excluding carboxylic acids is 1. The molecule has 92 valence electrons. The van der Waals surface area contributed by atoms with E-state index in [4.69, 9.17) is 5.11 Å². The van der Waals surface area contributed by atoms with Crippen LogP contribution in [0.1, 0.15) is 21.5 Å². The van der Waals surface area contributed by atoms with Crippen LogP contribution in [0.15, 0.2) is 42.5 Å². The summed E-state index contributed by atoms with van der Waals surface area (Å²) < 4.78 is 0. The Hall–Kier alpha value is -2.29. The Balaban J connectivity index is 2.19. The number of phenolic OH excluding ortho intramolecular Hbond substituents is 2. The number of hydrogen-bond donors (Lipinski definition) is 2. The normalized spacial score (nSPS) is 10.3. The number of ketones is 1. The maximum atomic E-state index is 12.0. The topological polar surface area (TPSA) is 57.5 Å². The van der Waals surface area contributed by atoms with Gasteiger partial charge in [-0.1, -0.05) is 12.1 Å². The van der Waals surface area contributed by atoms with Crippen LogP contribution in [0.5, 0.6) is 11.5 Å². The van der Waals surface area contributed by atoms with Crippen LogP contribution in [0, 0.1) is 6.92 Å². The number of carbonyl (C=O) groups is 1. The fraction of sp³-hybridized carbons (Fsp3) is 0.133. The quantitative estimate of drug-likeness (QED) is 0.814. The highest BCUT2D eigenvalue weighted by Gasteiger charge is 2.08. The van der Waals surface area contributed by atoms with Crippen LogP contribution in [0.3, 0.4) is 0 Å². The van der Waals surface area contributed by atoms with Crippen molar-refractivity contribution in [1.82, 2.24) is 0 Å². The first-order valence-electron chi connectivity index (χ1n) is 5.66. The van der Waals surface area contributed by atoms with E-state index in [1.807, 2.05) is 6.92 Å². The average Bonchev–Trinajstić information content (AvgIpc) is 2.31. The van der Waals surface area contributed by atoms with Crippen LogP contribution in [-0.4, -0.2) is 16.0 Å². The van der Waals surface area contributed by atoms with Crippen LogP contribution < -0.4 is 0 Å². The van der Waals surface area contributed by atoms with Gasteiger partial charge in [0.1, 0.15) is 11.5 Å². The summed E-state index contributed by atoms with van der Waals surface area (Å²) >= 11 is 0.